The lowest BCUT2D eigenvalue weighted by atomic mass is 10.0. The van der Waals surface area contributed by atoms with Crippen molar-refractivity contribution in [1.29, 1.82) is 0 Å². The van der Waals surface area contributed by atoms with Crippen LogP contribution in [0.4, 0.5) is 10.6 Å². The van der Waals surface area contributed by atoms with E-state index in [2.05, 4.69) is 31.0 Å². The highest BCUT2D eigenvalue weighted by molar-refractivity contribution is 9.10. The molecule has 2 aliphatic rings. The van der Waals surface area contributed by atoms with Gasteiger partial charge in [-0.25, -0.2) is 14.6 Å². The van der Waals surface area contributed by atoms with E-state index in [-0.39, 0.29) is 22.8 Å². The van der Waals surface area contributed by atoms with Gasteiger partial charge in [-0.1, -0.05) is 6.92 Å². The van der Waals surface area contributed by atoms with Crippen molar-refractivity contribution in [3.05, 3.63) is 22.3 Å². The maximum Gasteiger partial charge on any atom is 0.408 e. The fourth-order valence-electron chi connectivity index (χ4n) is 3.29. The Kier molecular flexibility index (Phi) is 3.98. The molecular formula is C15H16BrN3O5. The Morgan fingerprint density at radius 2 is 2.12 bits per heavy atom. The number of halogens is 1. The monoisotopic (exact) mass is 397 g/mol. The van der Waals surface area contributed by atoms with Crippen LogP contribution in [-0.4, -0.2) is 52.2 Å². The molecule has 1 aliphatic carbocycles. The second kappa shape index (κ2) is 5.73. The number of fused-ring (bicyclic) bond motifs is 1. The molecule has 1 saturated carbocycles. The zero-order chi connectivity index (χ0) is 17.6. The molecule has 2 heterocycles. The van der Waals surface area contributed by atoms with Gasteiger partial charge in [0, 0.05) is 6.04 Å². The van der Waals surface area contributed by atoms with Crippen LogP contribution in [0.3, 0.4) is 0 Å². The molecule has 0 radical (unpaired) electrons. The molecule has 0 bridgehead atoms. The number of hydrogen-bond donors (Lipinski definition) is 2. The Labute approximate surface area is 146 Å². The molecular weight excluding hydrogens is 382 g/mol. The second-order valence-corrected chi connectivity index (χ2v) is 7.14. The molecule has 0 unspecified atom stereocenters. The molecule has 0 spiro atoms. The summed E-state index contributed by atoms with van der Waals surface area (Å²) >= 11 is 3.17. The number of amides is 2. The third-order valence-electron chi connectivity index (χ3n) is 4.63. The summed E-state index contributed by atoms with van der Waals surface area (Å²) < 4.78 is 5.00. The summed E-state index contributed by atoms with van der Waals surface area (Å²) in [6.07, 6.45) is 0.164. The minimum atomic E-state index is -1.10. The molecule has 1 aliphatic heterocycles. The quantitative estimate of drug-likeness (QED) is 0.596. The van der Waals surface area contributed by atoms with Gasteiger partial charge in [-0.05, 0) is 46.3 Å². The Morgan fingerprint density at radius 3 is 2.75 bits per heavy atom. The number of carboxylic acid groups (broad SMARTS) is 1. The minimum absolute atomic E-state index is 0.105. The Hall–Kier alpha value is -2.16. The number of piperidine rings is 1. The van der Waals surface area contributed by atoms with Crippen LogP contribution < -0.4 is 5.32 Å². The number of rotatable bonds is 3. The van der Waals surface area contributed by atoms with Gasteiger partial charge in [0.25, 0.3) is 0 Å². The van der Waals surface area contributed by atoms with Gasteiger partial charge in [0.2, 0.25) is 5.91 Å². The summed E-state index contributed by atoms with van der Waals surface area (Å²) in [5, 5.41) is 12.0. The van der Waals surface area contributed by atoms with Crippen LogP contribution in [0.1, 0.15) is 30.1 Å². The minimum Gasteiger partial charge on any atom is -0.465 e. The molecule has 3 rings (SSSR count). The highest BCUT2D eigenvalue weighted by Gasteiger charge is 2.64. The number of pyridine rings is 1. The first kappa shape index (κ1) is 16.7. The number of methoxy groups -OCH3 is 1. The fraction of sp³-hybridized carbons (Fsp3) is 0.467. The Balaban J connectivity index is 1.79. The van der Waals surface area contributed by atoms with Gasteiger partial charge in [-0.2, -0.15) is 0 Å². The first-order valence-electron chi connectivity index (χ1n) is 7.33. The lowest BCUT2D eigenvalue weighted by Gasteiger charge is -2.23. The SMILES string of the molecule is COC(=O)c1cc(Br)nc(NC(=O)[C@@H]2C[C@@]3(C)C[C@H]3N2C(=O)O)c1. The standard InChI is InChI=1S/C15H16BrN3O5/c1-15-5-8(19(14(22)23)9(15)6-15)12(20)18-11-4-7(13(21)24-2)3-10(16)17-11/h3-4,8-9H,5-6H2,1-2H3,(H,22,23)(H,17,18,20)/t8-,9+,15-/m0/s1. The van der Waals surface area contributed by atoms with E-state index in [4.69, 9.17) is 0 Å². The lowest BCUT2D eigenvalue weighted by molar-refractivity contribution is -0.120. The third-order valence-corrected chi connectivity index (χ3v) is 5.03. The molecule has 8 nitrogen and oxygen atoms in total. The predicted octanol–water partition coefficient (Wildman–Crippen LogP) is 2.10. The number of anilines is 1. The number of aromatic nitrogens is 1. The molecule has 1 aromatic rings. The molecule has 2 N–H and O–H groups in total. The van der Waals surface area contributed by atoms with Crippen LogP contribution in [-0.2, 0) is 9.53 Å². The van der Waals surface area contributed by atoms with Crippen molar-refractivity contribution < 1.29 is 24.2 Å². The van der Waals surface area contributed by atoms with Gasteiger partial charge in [-0.3, -0.25) is 9.69 Å². The number of nitrogens with zero attached hydrogens (tertiary/aromatic N) is 2. The molecule has 3 atom stereocenters. The highest BCUT2D eigenvalue weighted by Crippen LogP contribution is 2.59. The van der Waals surface area contributed by atoms with Crippen LogP contribution in [0.25, 0.3) is 0 Å². The van der Waals surface area contributed by atoms with Gasteiger partial charge in [0.1, 0.15) is 16.5 Å². The summed E-state index contributed by atoms with van der Waals surface area (Å²) in [7, 11) is 1.26. The summed E-state index contributed by atoms with van der Waals surface area (Å²) in [4.78, 5) is 40.9. The van der Waals surface area contributed by atoms with Crippen molar-refractivity contribution in [1.82, 2.24) is 9.88 Å². The van der Waals surface area contributed by atoms with Gasteiger partial charge in [0.15, 0.2) is 0 Å². The predicted molar refractivity (Wildman–Crippen MR) is 86.7 cm³/mol. The van der Waals surface area contributed by atoms with Crippen molar-refractivity contribution >= 4 is 39.7 Å². The summed E-state index contributed by atoms with van der Waals surface area (Å²) in [6, 6.07) is 1.99. The topological polar surface area (TPSA) is 109 Å². The van der Waals surface area contributed by atoms with Crippen LogP contribution in [0, 0.1) is 5.41 Å². The average molecular weight is 398 g/mol. The summed E-state index contributed by atoms with van der Waals surface area (Å²) in [5.74, 6) is -0.853. The van der Waals surface area contributed by atoms with E-state index >= 15 is 0 Å². The number of hydrogen-bond acceptors (Lipinski definition) is 5. The van der Waals surface area contributed by atoms with Crippen molar-refractivity contribution in [3.63, 3.8) is 0 Å². The number of ether oxygens (including phenoxy) is 1. The van der Waals surface area contributed by atoms with Crippen LogP contribution in [0.15, 0.2) is 16.7 Å². The van der Waals surface area contributed by atoms with Crippen molar-refractivity contribution in [2.45, 2.75) is 31.8 Å². The number of esters is 1. The van der Waals surface area contributed by atoms with Gasteiger partial charge < -0.3 is 15.2 Å². The highest BCUT2D eigenvalue weighted by atomic mass is 79.9. The lowest BCUT2D eigenvalue weighted by Crippen LogP contribution is -2.44. The first-order chi connectivity index (χ1) is 11.2. The molecule has 1 aromatic heterocycles. The van der Waals surface area contributed by atoms with Crippen LogP contribution in [0.5, 0.6) is 0 Å². The van der Waals surface area contributed by atoms with Crippen molar-refractivity contribution in [2.24, 2.45) is 5.41 Å². The van der Waals surface area contributed by atoms with Crippen LogP contribution in [0.2, 0.25) is 0 Å². The first-order valence-corrected chi connectivity index (χ1v) is 8.12. The van der Waals surface area contributed by atoms with E-state index in [1.807, 2.05) is 6.92 Å². The second-order valence-electron chi connectivity index (χ2n) is 6.33. The molecule has 0 aromatic carbocycles. The molecule has 1 saturated heterocycles. The van der Waals surface area contributed by atoms with Crippen molar-refractivity contribution in [3.8, 4) is 0 Å². The molecule has 128 valence electrons. The maximum atomic E-state index is 12.5. The van der Waals surface area contributed by atoms with E-state index in [0.717, 1.165) is 6.42 Å². The van der Waals surface area contributed by atoms with Crippen LogP contribution >= 0.6 is 15.9 Å². The average Bonchev–Trinajstić information content (AvgIpc) is 3.06. The molecule has 2 amide bonds. The van der Waals surface area contributed by atoms with Gasteiger partial charge >= 0.3 is 12.1 Å². The number of likely N-dealkylation sites (tertiary alicyclic amines) is 1. The smallest absolute Gasteiger partial charge is 0.408 e. The number of carbonyl (C=O) groups excluding carboxylic acids is 2. The zero-order valence-electron chi connectivity index (χ0n) is 13.1. The third kappa shape index (κ3) is 2.83. The van der Waals surface area contributed by atoms with Gasteiger partial charge in [-0.15, -0.1) is 0 Å². The van der Waals surface area contributed by atoms with E-state index in [9.17, 15) is 19.5 Å². The van der Waals surface area contributed by atoms with E-state index < -0.39 is 24.0 Å². The van der Waals surface area contributed by atoms with Crippen molar-refractivity contribution in [2.75, 3.05) is 12.4 Å². The normalized spacial score (nSPS) is 27.4. The number of carbonyl (C=O) groups is 3. The van der Waals surface area contributed by atoms with E-state index in [0.29, 0.717) is 11.0 Å². The molecule has 2 fully saturated rings. The van der Waals surface area contributed by atoms with E-state index in [1.54, 1.807) is 0 Å². The molecule has 9 heteroatoms. The number of nitrogens with one attached hydrogen (secondary N) is 1. The summed E-state index contributed by atoms with van der Waals surface area (Å²) in [6.45, 7) is 1.98. The van der Waals surface area contributed by atoms with Gasteiger partial charge in [0.05, 0.1) is 12.7 Å². The summed E-state index contributed by atoms with van der Waals surface area (Å²) in [5.41, 5.74) is 0.105. The Bertz CT molecular complexity index is 740. The zero-order valence-corrected chi connectivity index (χ0v) is 14.7. The largest absolute Gasteiger partial charge is 0.465 e. The molecule has 24 heavy (non-hydrogen) atoms. The fourth-order valence-corrected chi connectivity index (χ4v) is 3.72. The maximum absolute atomic E-state index is 12.5. The Morgan fingerprint density at radius 1 is 1.42 bits per heavy atom. The van der Waals surface area contributed by atoms with E-state index in [1.165, 1.54) is 24.1 Å².